The van der Waals surface area contributed by atoms with Gasteiger partial charge in [-0.25, -0.2) is 9.82 Å². The van der Waals surface area contributed by atoms with Crippen LogP contribution >= 0.6 is 47.8 Å². The molecule has 0 spiro atoms. The third-order valence-electron chi connectivity index (χ3n) is 2.81. The highest BCUT2D eigenvalue weighted by atomic mass is 79.9. The van der Waals surface area contributed by atoms with Gasteiger partial charge in [-0.1, -0.05) is 31.9 Å². The van der Waals surface area contributed by atoms with E-state index in [4.69, 9.17) is 0 Å². The van der Waals surface area contributed by atoms with Gasteiger partial charge in [-0.3, -0.25) is 9.59 Å². The van der Waals surface area contributed by atoms with Crippen molar-refractivity contribution in [1.82, 2.24) is 5.43 Å². The van der Waals surface area contributed by atoms with Gasteiger partial charge in [-0.05, 0) is 46.3 Å². The maximum atomic E-state index is 13.6. The number of carbonyl (C=O) groups is 2. The minimum Gasteiger partial charge on any atom is -0.506 e. The standard InChI is InChI=1S/C15H9Br3FN3O3/c16-8-1-2-12(11(19)5-8)21-14(24)15(25)22-20-6-7-3-9(17)4-10(18)13(7)23/h1-6,23H,(H,21,24)(H,22,25)/b20-6+. The first kappa shape index (κ1) is 19.5. The van der Waals surface area contributed by atoms with Crippen LogP contribution in [0.2, 0.25) is 0 Å². The highest BCUT2D eigenvalue weighted by molar-refractivity contribution is 9.11. The van der Waals surface area contributed by atoms with Crippen LogP contribution in [-0.4, -0.2) is 23.1 Å². The van der Waals surface area contributed by atoms with Gasteiger partial charge in [0, 0.05) is 14.5 Å². The van der Waals surface area contributed by atoms with Crippen LogP contribution in [0.15, 0.2) is 48.9 Å². The van der Waals surface area contributed by atoms with Crippen molar-refractivity contribution in [2.24, 2.45) is 5.10 Å². The van der Waals surface area contributed by atoms with Crippen molar-refractivity contribution in [2.45, 2.75) is 0 Å². The molecule has 2 rings (SSSR count). The summed E-state index contributed by atoms with van der Waals surface area (Å²) in [7, 11) is 0. The Labute approximate surface area is 166 Å². The molecule has 3 N–H and O–H groups in total. The molecule has 0 aliphatic rings. The van der Waals surface area contributed by atoms with Gasteiger partial charge in [-0.2, -0.15) is 5.10 Å². The third-order valence-corrected chi connectivity index (χ3v) is 4.37. The van der Waals surface area contributed by atoms with Gasteiger partial charge in [0.05, 0.1) is 16.4 Å². The van der Waals surface area contributed by atoms with E-state index in [1.165, 1.54) is 12.1 Å². The number of anilines is 1. The van der Waals surface area contributed by atoms with E-state index in [9.17, 15) is 19.1 Å². The number of nitrogens with one attached hydrogen (secondary N) is 2. The Morgan fingerprint density at radius 2 is 1.80 bits per heavy atom. The van der Waals surface area contributed by atoms with E-state index in [0.717, 1.165) is 12.3 Å². The number of phenols is 1. The van der Waals surface area contributed by atoms with Gasteiger partial charge < -0.3 is 10.4 Å². The van der Waals surface area contributed by atoms with Crippen LogP contribution in [-0.2, 0) is 9.59 Å². The average Bonchev–Trinajstić information content (AvgIpc) is 2.54. The summed E-state index contributed by atoms with van der Waals surface area (Å²) in [5, 5.41) is 15.6. The molecular weight excluding hydrogens is 529 g/mol. The first-order valence-electron chi connectivity index (χ1n) is 6.55. The molecule has 130 valence electrons. The SMILES string of the molecule is O=C(N/N=C/c1cc(Br)cc(Br)c1O)C(=O)Nc1ccc(Br)cc1F. The van der Waals surface area contributed by atoms with Crippen LogP contribution < -0.4 is 10.7 Å². The van der Waals surface area contributed by atoms with Gasteiger partial charge in [0.15, 0.2) is 0 Å². The summed E-state index contributed by atoms with van der Waals surface area (Å²) in [6.07, 6.45) is 1.16. The predicted octanol–water partition coefficient (Wildman–Crippen LogP) is 3.91. The normalized spacial score (nSPS) is 10.7. The number of nitrogens with zero attached hydrogens (tertiary/aromatic N) is 1. The second-order valence-electron chi connectivity index (χ2n) is 4.60. The van der Waals surface area contributed by atoms with E-state index < -0.39 is 17.6 Å². The monoisotopic (exact) mass is 535 g/mol. The Balaban J connectivity index is 2.01. The molecule has 2 amide bonds. The Hall–Kier alpha value is -1.78. The average molecular weight is 538 g/mol. The van der Waals surface area contributed by atoms with Gasteiger partial charge in [0.25, 0.3) is 0 Å². The third kappa shape index (κ3) is 5.35. The molecule has 2 aromatic carbocycles. The van der Waals surface area contributed by atoms with Crippen molar-refractivity contribution in [3.05, 3.63) is 55.1 Å². The van der Waals surface area contributed by atoms with Crippen molar-refractivity contribution >= 4 is 71.5 Å². The quantitative estimate of drug-likeness (QED) is 0.315. The molecule has 0 aliphatic heterocycles. The summed E-state index contributed by atoms with van der Waals surface area (Å²) in [5.74, 6) is -2.95. The van der Waals surface area contributed by atoms with Crippen LogP contribution in [0.25, 0.3) is 0 Å². The Bertz CT molecular complexity index is 875. The topological polar surface area (TPSA) is 90.8 Å². The lowest BCUT2D eigenvalue weighted by atomic mass is 10.2. The minimum atomic E-state index is -1.09. The predicted molar refractivity (Wildman–Crippen MR) is 102 cm³/mol. The van der Waals surface area contributed by atoms with E-state index in [1.54, 1.807) is 12.1 Å². The van der Waals surface area contributed by atoms with Crippen LogP contribution in [0.4, 0.5) is 10.1 Å². The fourth-order valence-electron chi connectivity index (χ4n) is 1.67. The molecule has 0 heterocycles. The zero-order valence-corrected chi connectivity index (χ0v) is 16.9. The molecule has 0 unspecified atom stereocenters. The molecule has 0 saturated carbocycles. The van der Waals surface area contributed by atoms with Crippen LogP contribution in [0.5, 0.6) is 5.75 Å². The molecule has 0 radical (unpaired) electrons. The summed E-state index contributed by atoms with van der Waals surface area (Å²) in [5.41, 5.74) is 2.16. The molecule has 10 heteroatoms. The molecule has 0 atom stereocenters. The lowest BCUT2D eigenvalue weighted by Gasteiger charge is -2.06. The highest BCUT2D eigenvalue weighted by Gasteiger charge is 2.15. The van der Waals surface area contributed by atoms with Gasteiger partial charge in [-0.15, -0.1) is 0 Å². The Kier molecular flexibility index (Phi) is 6.68. The van der Waals surface area contributed by atoms with Crippen LogP contribution in [0.1, 0.15) is 5.56 Å². The molecule has 6 nitrogen and oxygen atoms in total. The second kappa shape index (κ2) is 8.54. The van der Waals surface area contributed by atoms with Crippen molar-refractivity contribution in [1.29, 1.82) is 0 Å². The van der Waals surface area contributed by atoms with Crippen LogP contribution in [0, 0.1) is 5.82 Å². The largest absolute Gasteiger partial charge is 0.506 e. The highest BCUT2D eigenvalue weighted by Crippen LogP contribution is 2.30. The molecule has 0 saturated heterocycles. The molecule has 25 heavy (non-hydrogen) atoms. The first-order chi connectivity index (χ1) is 11.8. The van der Waals surface area contributed by atoms with Crippen molar-refractivity contribution in [2.75, 3.05) is 5.32 Å². The lowest BCUT2D eigenvalue weighted by molar-refractivity contribution is -0.136. The number of benzene rings is 2. The maximum Gasteiger partial charge on any atom is 0.329 e. The van der Waals surface area contributed by atoms with Gasteiger partial charge in [0.2, 0.25) is 0 Å². The Morgan fingerprint density at radius 3 is 2.48 bits per heavy atom. The number of hydrogen-bond acceptors (Lipinski definition) is 4. The maximum absolute atomic E-state index is 13.6. The zero-order valence-electron chi connectivity index (χ0n) is 12.2. The number of hydrazone groups is 1. The summed E-state index contributed by atoms with van der Waals surface area (Å²) in [6.45, 7) is 0. The smallest absolute Gasteiger partial charge is 0.329 e. The second-order valence-corrected chi connectivity index (χ2v) is 7.29. The van der Waals surface area contributed by atoms with Crippen LogP contribution in [0.3, 0.4) is 0 Å². The summed E-state index contributed by atoms with van der Waals surface area (Å²) >= 11 is 9.49. The number of phenolic OH excluding ortho intramolecular Hbond substituents is 1. The van der Waals surface area contributed by atoms with E-state index in [2.05, 4.69) is 58.2 Å². The van der Waals surface area contributed by atoms with E-state index in [1.807, 2.05) is 5.43 Å². The Morgan fingerprint density at radius 1 is 1.08 bits per heavy atom. The van der Waals surface area contributed by atoms with Gasteiger partial charge in [0.1, 0.15) is 11.6 Å². The number of amides is 2. The number of aromatic hydroxyl groups is 1. The molecular formula is C15H9Br3FN3O3. The number of halogens is 4. The van der Waals surface area contributed by atoms with Gasteiger partial charge >= 0.3 is 11.8 Å². The summed E-state index contributed by atoms with van der Waals surface area (Å²) in [4.78, 5) is 23.4. The first-order valence-corrected chi connectivity index (χ1v) is 8.93. The van der Waals surface area contributed by atoms with Crippen molar-refractivity contribution in [3.8, 4) is 5.75 Å². The lowest BCUT2D eigenvalue weighted by Crippen LogP contribution is -2.32. The van der Waals surface area contributed by atoms with E-state index >= 15 is 0 Å². The summed E-state index contributed by atoms with van der Waals surface area (Å²) in [6, 6.07) is 7.17. The minimum absolute atomic E-state index is 0.0809. The number of hydrogen-bond donors (Lipinski definition) is 3. The molecule has 0 bridgehead atoms. The molecule has 2 aromatic rings. The molecule has 0 fully saturated rings. The fourth-order valence-corrected chi connectivity index (χ4v) is 3.26. The van der Waals surface area contributed by atoms with E-state index in [0.29, 0.717) is 19.0 Å². The summed E-state index contributed by atoms with van der Waals surface area (Å²) < 4.78 is 15.2. The zero-order chi connectivity index (χ0) is 18.6. The van der Waals surface area contributed by atoms with E-state index in [-0.39, 0.29) is 11.4 Å². The van der Waals surface area contributed by atoms with Crippen molar-refractivity contribution < 1.29 is 19.1 Å². The molecule has 0 aliphatic carbocycles. The fraction of sp³-hybridized carbons (Fsp3) is 0. The van der Waals surface area contributed by atoms with Crippen molar-refractivity contribution in [3.63, 3.8) is 0 Å². The number of rotatable bonds is 3. The molecule has 0 aromatic heterocycles. The number of carbonyl (C=O) groups excluding carboxylic acids is 2.